The van der Waals surface area contributed by atoms with Gasteiger partial charge in [0.05, 0.1) is 24.3 Å². The third kappa shape index (κ3) is 5.33. The van der Waals surface area contributed by atoms with Crippen LogP contribution in [0.1, 0.15) is 17.5 Å². The van der Waals surface area contributed by atoms with Gasteiger partial charge in [-0.3, -0.25) is 9.59 Å². The largest absolute Gasteiger partial charge is 0.273 e. The molecule has 1 aliphatic rings. The number of hydrogen-bond donors (Lipinski definition) is 2. The predicted molar refractivity (Wildman–Crippen MR) is 111 cm³/mol. The molecular formula is C19H16Br2N4O2. The van der Waals surface area contributed by atoms with Gasteiger partial charge in [0.2, 0.25) is 11.8 Å². The third-order valence-corrected chi connectivity index (χ3v) is 5.48. The van der Waals surface area contributed by atoms with Crippen LogP contribution in [-0.4, -0.2) is 24.2 Å². The molecule has 2 atom stereocenters. The van der Waals surface area contributed by atoms with Crippen molar-refractivity contribution in [3.8, 4) is 0 Å². The molecule has 138 valence electrons. The Balaban J connectivity index is 1.46. The van der Waals surface area contributed by atoms with Gasteiger partial charge in [0, 0.05) is 20.1 Å². The lowest BCUT2D eigenvalue weighted by molar-refractivity contribution is -0.127. The number of carbonyl (C=O) groups is 2. The first-order valence-electron chi connectivity index (χ1n) is 8.21. The molecule has 0 aromatic heterocycles. The van der Waals surface area contributed by atoms with Crippen LogP contribution < -0.4 is 10.9 Å². The van der Waals surface area contributed by atoms with Crippen molar-refractivity contribution in [2.24, 2.45) is 22.0 Å². The zero-order chi connectivity index (χ0) is 19.2. The molecule has 0 unspecified atom stereocenters. The Morgan fingerprint density at radius 2 is 1.22 bits per heavy atom. The molecule has 1 saturated carbocycles. The van der Waals surface area contributed by atoms with E-state index in [1.54, 1.807) is 12.4 Å². The summed E-state index contributed by atoms with van der Waals surface area (Å²) in [4.78, 5) is 24.1. The van der Waals surface area contributed by atoms with Crippen molar-refractivity contribution >= 4 is 56.1 Å². The second kappa shape index (κ2) is 9.05. The van der Waals surface area contributed by atoms with Crippen LogP contribution >= 0.6 is 31.9 Å². The van der Waals surface area contributed by atoms with E-state index in [4.69, 9.17) is 0 Å². The van der Waals surface area contributed by atoms with Gasteiger partial charge in [-0.2, -0.15) is 10.2 Å². The summed E-state index contributed by atoms with van der Waals surface area (Å²) in [5.41, 5.74) is 6.66. The summed E-state index contributed by atoms with van der Waals surface area (Å²) in [7, 11) is 0. The Bertz CT molecular complexity index is 841. The highest BCUT2D eigenvalue weighted by atomic mass is 79.9. The molecule has 6 nitrogen and oxygen atoms in total. The molecule has 2 aromatic carbocycles. The fourth-order valence-electron chi connectivity index (χ4n) is 2.43. The Kier molecular flexibility index (Phi) is 6.52. The van der Waals surface area contributed by atoms with Gasteiger partial charge < -0.3 is 0 Å². The molecule has 8 heteroatoms. The Hall–Kier alpha value is -2.32. The first kappa shape index (κ1) is 19.4. The van der Waals surface area contributed by atoms with Gasteiger partial charge >= 0.3 is 0 Å². The van der Waals surface area contributed by atoms with Crippen LogP contribution in [-0.2, 0) is 9.59 Å². The van der Waals surface area contributed by atoms with Crippen LogP contribution in [0.3, 0.4) is 0 Å². The monoisotopic (exact) mass is 490 g/mol. The van der Waals surface area contributed by atoms with Gasteiger partial charge in [0.25, 0.3) is 0 Å². The van der Waals surface area contributed by atoms with E-state index in [-0.39, 0.29) is 23.7 Å². The van der Waals surface area contributed by atoms with Crippen molar-refractivity contribution in [1.29, 1.82) is 0 Å². The lowest BCUT2D eigenvalue weighted by Gasteiger charge is -2.01. The van der Waals surface area contributed by atoms with E-state index < -0.39 is 0 Å². The summed E-state index contributed by atoms with van der Waals surface area (Å²) < 4.78 is 1.77. The second-order valence-corrected chi connectivity index (χ2v) is 7.67. The van der Waals surface area contributed by atoms with Crippen LogP contribution in [0.15, 0.2) is 67.7 Å². The highest BCUT2D eigenvalue weighted by molar-refractivity contribution is 9.10. The minimum Gasteiger partial charge on any atom is -0.273 e. The maximum absolute atomic E-state index is 12.1. The number of hydrogen-bond acceptors (Lipinski definition) is 4. The first-order chi connectivity index (χ1) is 13.1. The molecule has 0 heterocycles. The molecule has 0 bridgehead atoms. The smallest absolute Gasteiger partial charge is 0.244 e. The number of hydrazone groups is 2. The zero-order valence-corrected chi connectivity index (χ0v) is 17.3. The van der Waals surface area contributed by atoms with Crippen molar-refractivity contribution in [1.82, 2.24) is 10.9 Å². The average Bonchev–Trinajstić information content (AvgIpc) is 3.46. The lowest BCUT2D eigenvalue weighted by Crippen LogP contribution is -2.25. The van der Waals surface area contributed by atoms with E-state index >= 15 is 0 Å². The molecular weight excluding hydrogens is 476 g/mol. The highest BCUT2D eigenvalue weighted by Crippen LogP contribution is 2.38. The third-order valence-electron chi connectivity index (χ3n) is 4.03. The summed E-state index contributed by atoms with van der Waals surface area (Å²) in [6.07, 6.45) is 3.61. The van der Waals surface area contributed by atoms with Gasteiger partial charge in [-0.25, -0.2) is 10.9 Å². The fourth-order valence-corrected chi connectivity index (χ4v) is 3.21. The number of amides is 2. The van der Waals surface area contributed by atoms with Crippen molar-refractivity contribution in [2.45, 2.75) is 6.42 Å². The lowest BCUT2D eigenvalue weighted by atomic mass is 10.2. The average molecular weight is 492 g/mol. The summed E-state index contributed by atoms with van der Waals surface area (Å²) in [6.45, 7) is 0. The van der Waals surface area contributed by atoms with Crippen LogP contribution in [0.25, 0.3) is 0 Å². The van der Waals surface area contributed by atoms with Gasteiger partial charge in [-0.05, 0) is 18.6 Å². The number of nitrogens with zero attached hydrogens (tertiary/aromatic N) is 2. The van der Waals surface area contributed by atoms with Crippen LogP contribution in [0.5, 0.6) is 0 Å². The molecule has 1 aliphatic carbocycles. The summed E-state index contributed by atoms with van der Waals surface area (Å²) >= 11 is 6.81. The molecule has 2 N–H and O–H groups in total. The molecule has 0 spiro atoms. The van der Waals surface area contributed by atoms with E-state index in [1.807, 2.05) is 48.5 Å². The summed E-state index contributed by atoms with van der Waals surface area (Å²) in [5.74, 6) is -1.29. The minimum atomic E-state index is -0.375. The molecule has 0 aliphatic heterocycles. The van der Waals surface area contributed by atoms with Gasteiger partial charge in [-0.15, -0.1) is 0 Å². The van der Waals surface area contributed by atoms with Crippen LogP contribution in [0.4, 0.5) is 0 Å². The Morgan fingerprint density at radius 1 is 0.815 bits per heavy atom. The van der Waals surface area contributed by atoms with Crippen LogP contribution in [0.2, 0.25) is 0 Å². The van der Waals surface area contributed by atoms with E-state index in [0.29, 0.717) is 6.42 Å². The minimum absolute atomic E-state index is 0.270. The van der Waals surface area contributed by atoms with Crippen molar-refractivity contribution < 1.29 is 9.59 Å². The Morgan fingerprint density at radius 3 is 1.63 bits per heavy atom. The quantitative estimate of drug-likeness (QED) is 0.479. The summed E-state index contributed by atoms with van der Waals surface area (Å²) in [6, 6.07) is 15.1. The van der Waals surface area contributed by atoms with Crippen molar-refractivity contribution in [3.63, 3.8) is 0 Å². The topological polar surface area (TPSA) is 82.9 Å². The molecule has 3 rings (SSSR count). The zero-order valence-electron chi connectivity index (χ0n) is 14.1. The number of rotatable bonds is 6. The van der Waals surface area contributed by atoms with Gasteiger partial charge in [0.15, 0.2) is 0 Å². The molecule has 0 saturated heterocycles. The number of benzene rings is 2. The normalized spacial score (nSPS) is 18.6. The van der Waals surface area contributed by atoms with E-state index in [9.17, 15) is 9.59 Å². The molecule has 27 heavy (non-hydrogen) atoms. The number of nitrogens with one attached hydrogen (secondary N) is 2. The molecule has 0 radical (unpaired) electrons. The van der Waals surface area contributed by atoms with Crippen LogP contribution in [0, 0.1) is 11.8 Å². The van der Waals surface area contributed by atoms with E-state index in [1.165, 1.54) is 0 Å². The highest BCUT2D eigenvalue weighted by Gasteiger charge is 2.48. The number of halogens is 2. The molecule has 2 aromatic rings. The van der Waals surface area contributed by atoms with Gasteiger partial charge in [-0.1, -0.05) is 68.3 Å². The SMILES string of the molecule is O=C(NN=Cc1ccccc1Br)[C@H]1C[C@H]1C(=O)NN=Cc1ccccc1Br. The van der Waals surface area contributed by atoms with E-state index in [0.717, 1.165) is 20.1 Å². The van der Waals surface area contributed by atoms with Gasteiger partial charge in [0.1, 0.15) is 0 Å². The second-order valence-electron chi connectivity index (χ2n) is 5.96. The maximum Gasteiger partial charge on any atom is 0.244 e. The molecule has 2 amide bonds. The maximum atomic E-state index is 12.1. The standard InChI is InChI=1S/C19H16Br2N4O2/c20-16-7-3-1-5-12(16)10-22-24-18(26)14-9-15(14)19(27)25-23-11-13-6-2-4-8-17(13)21/h1-8,10-11,14-15H,9H2,(H,24,26)(H,25,27)/t14-,15+. The van der Waals surface area contributed by atoms with Crippen molar-refractivity contribution in [3.05, 3.63) is 68.6 Å². The first-order valence-corrected chi connectivity index (χ1v) is 9.80. The fraction of sp³-hybridized carbons (Fsp3) is 0.158. The van der Waals surface area contributed by atoms with E-state index in [2.05, 4.69) is 52.9 Å². The van der Waals surface area contributed by atoms with Crippen molar-refractivity contribution in [2.75, 3.05) is 0 Å². The summed E-state index contributed by atoms with van der Waals surface area (Å²) in [5, 5.41) is 7.90. The number of carbonyl (C=O) groups excluding carboxylic acids is 2. The Labute approximate surface area is 173 Å². The predicted octanol–water partition coefficient (Wildman–Crippen LogP) is 3.45. The molecule has 1 fully saturated rings.